The fourth-order valence-electron chi connectivity index (χ4n) is 6.32. The third kappa shape index (κ3) is 1.58. The maximum Gasteiger partial charge on any atom is -0.0112 e. The van der Waals surface area contributed by atoms with Crippen LogP contribution in [0.4, 0.5) is 0 Å². The molecular weight excluding hydrogens is 228 g/mol. The van der Waals surface area contributed by atoms with Crippen LogP contribution < -0.4 is 0 Å². The number of fused-ring (bicyclic) bond motifs is 5. The summed E-state index contributed by atoms with van der Waals surface area (Å²) in [6.07, 6.45) is 20.0. The maximum absolute atomic E-state index is 2.63. The largest absolute Gasteiger partial charge is 0.0882 e. The minimum atomic E-state index is 0.550. The van der Waals surface area contributed by atoms with Crippen LogP contribution in [0.5, 0.6) is 0 Å². The molecule has 4 aliphatic carbocycles. The molecule has 104 valence electrons. The van der Waals surface area contributed by atoms with E-state index in [1.54, 1.807) is 0 Å². The summed E-state index contributed by atoms with van der Waals surface area (Å²) in [6, 6.07) is 0. The Kier molecular flexibility index (Phi) is 2.57. The highest BCUT2D eigenvalue weighted by atomic mass is 14.6. The molecule has 0 amide bonds. The van der Waals surface area contributed by atoms with Gasteiger partial charge in [-0.3, -0.25) is 0 Å². The van der Waals surface area contributed by atoms with Crippen molar-refractivity contribution in [3.8, 4) is 0 Å². The Morgan fingerprint density at radius 2 is 1.79 bits per heavy atom. The van der Waals surface area contributed by atoms with Gasteiger partial charge in [-0.05, 0) is 79.4 Å². The van der Waals surface area contributed by atoms with E-state index < -0.39 is 0 Å². The first kappa shape index (κ1) is 12.2. The Labute approximate surface area is 118 Å². The molecule has 2 fully saturated rings. The first-order valence-electron chi connectivity index (χ1n) is 8.46. The summed E-state index contributed by atoms with van der Waals surface area (Å²) in [6.45, 7) is 5.16. The summed E-state index contributed by atoms with van der Waals surface area (Å²) in [5, 5.41) is 0. The van der Waals surface area contributed by atoms with E-state index in [4.69, 9.17) is 0 Å². The molecule has 6 atom stereocenters. The molecule has 0 nitrogen and oxygen atoms in total. The molecule has 0 radical (unpaired) electrons. The molecule has 0 bridgehead atoms. The van der Waals surface area contributed by atoms with Crippen molar-refractivity contribution in [2.45, 2.75) is 58.8 Å². The van der Waals surface area contributed by atoms with E-state index in [0.717, 1.165) is 23.7 Å². The molecule has 0 aromatic rings. The van der Waals surface area contributed by atoms with Gasteiger partial charge in [-0.2, -0.15) is 0 Å². The van der Waals surface area contributed by atoms with Crippen LogP contribution in [0.3, 0.4) is 0 Å². The summed E-state index contributed by atoms with van der Waals surface area (Å²) in [5.41, 5.74) is 1.18. The van der Waals surface area contributed by atoms with Gasteiger partial charge in [-0.1, -0.05) is 38.2 Å². The van der Waals surface area contributed by atoms with Crippen molar-refractivity contribution in [1.82, 2.24) is 0 Å². The Morgan fingerprint density at radius 3 is 2.68 bits per heavy atom. The lowest BCUT2D eigenvalue weighted by atomic mass is 9.46. The van der Waals surface area contributed by atoms with Crippen molar-refractivity contribution < 1.29 is 0 Å². The molecule has 0 aromatic carbocycles. The van der Waals surface area contributed by atoms with Crippen molar-refractivity contribution >= 4 is 0 Å². The van der Waals surface area contributed by atoms with Crippen LogP contribution in [0.1, 0.15) is 58.8 Å². The predicted molar refractivity (Wildman–Crippen MR) is 80.8 cm³/mol. The van der Waals surface area contributed by atoms with E-state index in [1.165, 1.54) is 44.9 Å². The van der Waals surface area contributed by atoms with E-state index in [1.807, 2.05) is 0 Å². The highest BCUT2D eigenvalue weighted by Crippen LogP contribution is 2.64. The van der Waals surface area contributed by atoms with Crippen molar-refractivity contribution in [3.05, 3.63) is 24.3 Å². The van der Waals surface area contributed by atoms with Gasteiger partial charge >= 0.3 is 0 Å². The third-order valence-corrected chi connectivity index (χ3v) is 7.54. The van der Waals surface area contributed by atoms with Crippen molar-refractivity contribution in [3.63, 3.8) is 0 Å². The van der Waals surface area contributed by atoms with Crippen LogP contribution in [0.25, 0.3) is 0 Å². The molecule has 19 heavy (non-hydrogen) atoms. The second-order valence-electron chi connectivity index (χ2n) is 8.25. The fraction of sp³-hybridized carbons (Fsp3) is 0.789. The van der Waals surface area contributed by atoms with E-state index in [-0.39, 0.29) is 0 Å². The zero-order chi connectivity index (χ0) is 13.1. The molecule has 0 spiro atoms. The van der Waals surface area contributed by atoms with E-state index in [2.05, 4.69) is 38.2 Å². The molecule has 4 rings (SSSR count). The first-order valence-corrected chi connectivity index (χ1v) is 8.46. The minimum Gasteiger partial charge on any atom is -0.0882 e. The van der Waals surface area contributed by atoms with Crippen LogP contribution in [0.2, 0.25) is 0 Å². The molecule has 0 aromatic heterocycles. The standard InChI is InChI=1S/C19H28/c1-18-11-5-7-16(18)15-9-8-14-6-3-4-12-19(14,2)17(15)10-13-18/h3-5,11,14-17H,6-10,12-13H2,1-2H3. The second kappa shape index (κ2) is 3.99. The van der Waals surface area contributed by atoms with Gasteiger partial charge in [0, 0.05) is 0 Å². The van der Waals surface area contributed by atoms with Gasteiger partial charge in [0.15, 0.2) is 0 Å². The number of hydrogen-bond acceptors (Lipinski definition) is 0. The summed E-state index contributed by atoms with van der Waals surface area (Å²) >= 11 is 0. The zero-order valence-electron chi connectivity index (χ0n) is 12.6. The molecule has 2 saturated carbocycles. The average Bonchev–Trinajstić information content (AvgIpc) is 2.79. The Hall–Kier alpha value is -0.520. The van der Waals surface area contributed by atoms with Gasteiger partial charge in [0.1, 0.15) is 0 Å². The van der Waals surface area contributed by atoms with Crippen molar-refractivity contribution in [2.24, 2.45) is 34.5 Å². The lowest BCUT2D eigenvalue weighted by Crippen LogP contribution is -2.51. The van der Waals surface area contributed by atoms with E-state index in [9.17, 15) is 0 Å². The smallest absolute Gasteiger partial charge is 0.0112 e. The molecule has 6 unspecified atom stereocenters. The van der Waals surface area contributed by atoms with Crippen molar-refractivity contribution in [1.29, 1.82) is 0 Å². The average molecular weight is 256 g/mol. The van der Waals surface area contributed by atoms with Gasteiger partial charge < -0.3 is 0 Å². The Balaban J connectivity index is 1.67. The van der Waals surface area contributed by atoms with Crippen LogP contribution >= 0.6 is 0 Å². The highest BCUT2D eigenvalue weighted by Gasteiger charge is 2.55. The zero-order valence-corrected chi connectivity index (χ0v) is 12.6. The Bertz CT molecular complexity index is 431. The van der Waals surface area contributed by atoms with Crippen LogP contribution in [-0.4, -0.2) is 0 Å². The minimum absolute atomic E-state index is 0.550. The summed E-state index contributed by atoms with van der Waals surface area (Å²) in [4.78, 5) is 0. The van der Waals surface area contributed by atoms with Gasteiger partial charge in [0.25, 0.3) is 0 Å². The van der Waals surface area contributed by atoms with Crippen LogP contribution in [0, 0.1) is 34.5 Å². The van der Waals surface area contributed by atoms with Gasteiger partial charge in [0.2, 0.25) is 0 Å². The van der Waals surface area contributed by atoms with Crippen LogP contribution in [-0.2, 0) is 0 Å². The quantitative estimate of drug-likeness (QED) is 0.512. The molecule has 0 N–H and O–H groups in total. The molecule has 0 saturated heterocycles. The van der Waals surface area contributed by atoms with E-state index in [0.29, 0.717) is 10.8 Å². The summed E-state index contributed by atoms with van der Waals surface area (Å²) in [7, 11) is 0. The fourth-order valence-corrected chi connectivity index (χ4v) is 6.32. The SMILES string of the molecule is CC12C=CCC1C1CCC3CC=CCC3(C)C1CC2. The first-order chi connectivity index (χ1) is 9.13. The third-order valence-electron chi connectivity index (χ3n) is 7.54. The molecule has 0 heterocycles. The lowest BCUT2D eigenvalue weighted by Gasteiger charge is -2.59. The molecule has 4 aliphatic rings. The molecule has 0 aliphatic heterocycles. The summed E-state index contributed by atoms with van der Waals surface area (Å²) < 4.78 is 0. The monoisotopic (exact) mass is 256 g/mol. The maximum atomic E-state index is 2.63. The van der Waals surface area contributed by atoms with Gasteiger partial charge in [0.05, 0.1) is 0 Å². The van der Waals surface area contributed by atoms with Crippen LogP contribution in [0.15, 0.2) is 24.3 Å². The number of rotatable bonds is 0. The van der Waals surface area contributed by atoms with Crippen molar-refractivity contribution in [2.75, 3.05) is 0 Å². The molecule has 0 heteroatoms. The second-order valence-corrected chi connectivity index (χ2v) is 8.25. The summed E-state index contributed by atoms with van der Waals surface area (Å²) in [5.74, 6) is 3.98. The van der Waals surface area contributed by atoms with E-state index >= 15 is 0 Å². The normalized spacial score (nSPS) is 55.5. The van der Waals surface area contributed by atoms with Gasteiger partial charge in [-0.25, -0.2) is 0 Å². The lowest BCUT2D eigenvalue weighted by molar-refractivity contribution is -0.0801. The topological polar surface area (TPSA) is 0 Å². The number of allylic oxidation sites excluding steroid dienone is 4. The predicted octanol–water partition coefficient (Wildman–Crippen LogP) is 5.36. The molecular formula is C19H28. The highest BCUT2D eigenvalue weighted by molar-refractivity contribution is 5.17. The Morgan fingerprint density at radius 1 is 0.895 bits per heavy atom. The van der Waals surface area contributed by atoms with Gasteiger partial charge in [-0.15, -0.1) is 0 Å². The number of hydrogen-bond donors (Lipinski definition) is 0.